The van der Waals surface area contributed by atoms with E-state index in [0.717, 1.165) is 23.7 Å². The molecular weight excluding hydrogens is 227 g/mol. The molecule has 17 heavy (non-hydrogen) atoms. The van der Waals surface area contributed by atoms with Crippen molar-refractivity contribution in [3.8, 4) is 0 Å². The summed E-state index contributed by atoms with van der Waals surface area (Å²) in [6.07, 6.45) is 2.28. The van der Waals surface area contributed by atoms with Crippen molar-refractivity contribution in [2.75, 3.05) is 6.54 Å². The van der Waals surface area contributed by atoms with Crippen LogP contribution in [0.5, 0.6) is 0 Å². The Morgan fingerprint density at radius 2 is 2.18 bits per heavy atom. The van der Waals surface area contributed by atoms with Gasteiger partial charge in [0.05, 0.1) is 16.6 Å². The minimum atomic E-state index is -0.674. The highest BCUT2D eigenvalue weighted by atomic mass is 19.1. The number of nitrogens with zero attached hydrogens (tertiary/aromatic N) is 2. The molecule has 1 saturated heterocycles. The van der Waals surface area contributed by atoms with Gasteiger partial charge in [-0.1, -0.05) is 0 Å². The lowest BCUT2D eigenvalue weighted by atomic mass is 9.97. The van der Waals surface area contributed by atoms with E-state index in [1.54, 1.807) is 0 Å². The van der Waals surface area contributed by atoms with Crippen LogP contribution in [0.3, 0.4) is 0 Å². The van der Waals surface area contributed by atoms with E-state index >= 15 is 0 Å². The molecule has 0 N–H and O–H groups in total. The Morgan fingerprint density at radius 3 is 2.76 bits per heavy atom. The van der Waals surface area contributed by atoms with Crippen LogP contribution >= 0.6 is 0 Å². The number of nitroso groups, excluding NO2 is 1. The van der Waals surface area contributed by atoms with Crippen molar-refractivity contribution in [3.63, 3.8) is 0 Å². The van der Waals surface area contributed by atoms with Gasteiger partial charge in [-0.3, -0.25) is 10.1 Å². The molecule has 90 valence electrons. The molecule has 2 rings (SSSR count). The standard InChI is InChI=1S/C11H12FN2O3/c12-10-7-8(14(16)17)4-5-9(10)11-3-1-2-6-13(11)15/h4-5,7,11H,1-3,6H2/q+1. The van der Waals surface area contributed by atoms with Crippen LogP contribution in [0.4, 0.5) is 10.1 Å². The maximum Gasteiger partial charge on any atom is 0.272 e. The maximum absolute atomic E-state index is 13.7. The SMILES string of the molecule is O=[N+]([O-])c1ccc(C2CCCC[N+]2=O)c(F)c1. The lowest BCUT2D eigenvalue weighted by molar-refractivity contribution is -0.602. The number of nitro benzene ring substituents is 1. The molecule has 0 bridgehead atoms. The molecule has 0 aromatic heterocycles. The first kappa shape index (κ1) is 11.6. The van der Waals surface area contributed by atoms with Crippen LogP contribution in [0.1, 0.15) is 30.9 Å². The molecule has 1 aromatic carbocycles. The van der Waals surface area contributed by atoms with Crippen LogP contribution in [0.25, 0.3) is 0 Å². The second-order valence-electron chi connectivity index (χ2n) is 4.12. The highest BCUT2D eigenvalue weighted by molar-refractivity contribution is 5.35. The number of hydrogen-bond acceptors (Lipinski definition) is 3. The first-order chi connectivity index (χ1) is 8.09. The van der Waals surface area contributed by atoms with Crippen LogP contribution in [0.2, 0.25) is 0 Å². The minimum absolute atomic E-state index is 0.255. The monoisotopic (exact) mass is 239 g/mol. The summed E-state index contributed by atoms with van der Waals surface area (Å²) in [7, 11) is 0. The minimum Gasteiger partial charge on any atom is -0.258 e. The molecule has 6 heteroatoms. The summed E-state index contributed by atoms with van der Waals surface area (Å²) < 4.78 is 14.6. The third-order valence-corrected chi connectivity index (χ3v) is 3.01. The van der Waals surface area contributed by atoms with Gasteiger partial charge in [0.1, 0.15) is 5.82 Å². The molecule has 1 atom stereocenters. The van der Waals surface area contributed by atoms with Gasteiger partial charge >= 0.3 is 0 Å². The predicted octanol–water partition coefficient (Wildman–Crippen LogP) is 2.74. The Morgan fingerprint density at radius 1 is 1.41 bits per heavy atom. The first-order valence-corrected chi connectivity index (χ1v) is 5.47. The van der Waals surface area contributed by atoms with Gasteiger partial charge in [-0.2, -0.15) is 0 Å². The Hall–Kier alpha value is -1.85. The normalized spacial score (nSPS) is 20.3. The van der Waals surface area contributed by atoms with Gasteiger partial charge in [0.25, 0.3) is 5.69 Å². The van der Waals surface area contributed by atoms with E-state index < -0.39 is 16.8 Å². The number of rotatable bonds is 2. The highest BCUT2D eigenvalue weighted by Gasteiger charge is 2.33. The van der Waals surface area contributed by atoms with Crippen LogP contribution in [0.15, 0.2) is 18.2 Å². The van der Waals surface area contributed by atoms with Crippen molar-refractivity contribution in [2.45, 2.75) is 25.3 Å². The lowest BCUT2D eigenvalue weighted by Crippen LogP contribution is -2.23. The van der Waals surface area contributed by atoms with E-state index in [4.69, 9.17) is 0 Å². The molecule has 1 fully saturated rings. The third-order valence-electron chi connectivity index (χ3n) is 3.01. The van der Waals surface area contributed by atoms with E-state index in [2.05, 4.69) is 0 Å². The summed E-state index contributed by atoms with van der Waals surface area (Å²) in [6, 6.07) is 2.94. The fourth-order valence-electron chi connectivity index (χ4n) is 2.12. The molecule has 0 aliphatic carbocycles. The van der Waals surface area contributed by atoms with Crippen molar-refractivity contribution in [3.05, 3.63) is 44.6 Å². The number of piperidine rings is 1. The van der Waals surface area contributed by atoms with Gasteiger partial charge in [-0.05, 0) is 12.5 Å². The van der Waals surface area contributed by atoms with E-state index in [1.807, 2.05) is 0 Å². The zero-order chi connectivity index (χ0) is 12.4. The summed E-state index contributed by atoms with van der Waals surface area (Å²) in [6.45, 7) is 0.390. The zero-order valence-electron chi connectivity index (χ0n) is 9.13. The van der Waals surface area contributed by atoms with E-state index in [0.29, 0.717) is 13.0 Å². The first-order valence-electron chi connectivity index (χ1n) is 5.47. The highest BCUT2D eigenvalue weighted by Crippen LogP contribution is 2.30. The molecule has 5 nitrogen and oxygen atoms in total. The predicted molar refractivity (Wildman–Crippen MR) is 58.1 cm³/mol. The molecule has 1 aromatic rings. The van der Waals surface area contributed by atoms with Gasteiger partial charge in [-0.25, -0.2) is 4.39 Å². The number of nitro groups is 1. The average Bonchev–Trinajstić information content (AvgIpc) is 2.30. The van der Waals surface area contributed by atoms with Crippen molar-refractivity contribution in [1.82, 2.24) is 0 Å². The Balaban J connectivity index is 2.32. The van der Waals surface area contributed by atoms with Crippen molar-refractivity contribution in [1.29, 1.82) is 0 Å². The second kappa shape index (κ2) is 4.57. The van der Waals surface area contributed by atoms with E-state index in [-0.39, 0.29) is 11.3 Å². The molecule has 1 unspecified atom stereocenters. The molecule has 1 aliphatic rings. The Bertz CT molecular complexity index is 476. The number of non-ortho nitro benzene ring substituents is 1. The summed E-state index contributed by atoms with van der Waals surface area (Å²) in [5, 5.41) is 10.5. The Labute approximate surface area is 97.0 Å². The topological polar surface area (TPSA) is 63.2 Å². The fraction of sp³-hybridized carbons (Fsp3) is 0.455. The van der Waals surface area contributed by atoms with Crippen LogP contribution < -0.4 is 0 Å². The summed E-state index contributed by atoms with van der Waals surface area (Å²) in [4.78, 5) is 21.4. The molecule has 0 radical (unpaired) electrons. The van der Waals surface area contributed by atoms with Crippen LogP contribution in [-0.2, 0) is 0 Å². The number of hydrogen-bond donors (Lipinski definition) is 0. The van der Waals surface area contributed by atoms with E-state index in [9.17, 15) is 19.4 Å². The van der Waals surface area contributed by atoms with Gasteiger partial charge in [0.2, 0.25) is 6.04 Å². The maximum atomic E-state index is 13.7. The molecule has 0 amide bonds. The zero-order valence-corrected chi connectivity index (χ0v) is 9.13. The molecule has 1 aliphatic heterocycles. The summed E-state index contributed by atoms with van der Waals surface area (Å²) >= 11 is 0. The van der Waals surface area contributed by atoms with Gasteiger partial charge < -0.3 is 0 Å². The van der Waals surface area contributed by atoms with Crippen LogP contribution in [0, 0.1) is 20.8 Å². The number of benzene rings is 1. The van der Waals surface area contributed by atoms with Crippen molar-refractivity contribution in [2.24, 2.45) is 0 Å². The average molecular weight is 239 g/mol. The summed E-state index contributed by atoms with van der Waals surface area (Å²) in [5.74, 6) is -0.674. The molecule has 1 heterocycles. The van der Waals surface area contributed by atoms with Crippen LogP contribution in [-0.4, -0.2) is 16.2 Å². The molecule has 0 spiro atoms. The largest absolute Gasteiger partial charge is 0.272 e. The Kier molecular flexibility index (Phi) is 3.12. The summed E-state index contributed by atoms with van der Waals surface area (Å²) in [5.41, 5.74) is -0.0372. The van der Waals surface area contributed by atoms with Crippen molar-refractivity contribution >= 4 is 5.69 Å². The van der Waals surface area contributed by atoms with Gasteiger partial charge in [0.15, 0.2) is 6.54 Å². The van der Waals surface area contributed by atoms with Gasteiger partial charge in [-0.15, -0.1) is 0 Å². The second-order valence-corrected chi connectivity index (χ2v) is 4.12. The third kappa shape index (κ3) is 2.30. The molecular formula is C11H12FN2O3+. The quantitative estimate of drug-likeness (QED) is 0.453. The van der Waals surface area contributed by atoms with E-state index in [1.165, 1.54) is 12.1 Å². The van der Waals surface area contributed by atoms with Crippen molar-refractivity contribution < 1.29 is 14.1 Å². The number of halogens is 1. The smallest absolute Gasteiger partial charge is 0.258 e. The molecule has 0 saturated carbocycles. The fourth-order valence-corrected chi connectivity index (χ4v) is 2.12. The van der Waals surface area contributed by atoms with Gasteiger partial charge in [0, 0.05) is 28.6 Å². The lowest BCUT2D eigenvalue weighted by Gasteiger charge is -2.14.